The Morgan fingerprint density at radius 3 is 2.38 bits per heavy atom. The summed E-state index contributed by atoms with van der Waals surface area (Å²) in [4.78, 5) is 8.96. The van der Waals surface area contributed by atoms with Gasteiger partial charge in [-0.25, -0.2) is 4.99 Å². The number of nitrogens with zero attached hydrogens (tertiary/aromatic N) is 1. The Balaban J connectivity index is 1.53. The third kappa shape index (κ3) is 3.33. The van der Waals surface area contributed by atoms with E-state index in [1.54, 1.807) is 0 Å². The zero-order chi connectivity index (χ0) is 23.6. The Morgan fingerprint density at radius 1 is 0.824 bits per heavy atom. The molecule has 4 aromatic rings. The highest BCUT2D eigenvalue weighted by Crippen LogP contribution is 2.41. The lowest BCUT2D eigenvalue weighted by atomic mass is 9.90. The van der Waals surface area contributed by atoms with Crippen LogP contribution < -0.4 is 0 Å². The summed E-state index contributed by atoms with van der Waals surface area (Å²) in [5.74, 6) is 0. The second-order valence-corrected chi connectivity index (χ2v) is 10.5. The summed E-state index contributed by atoms with van der Waals surface area (Å²) in [6.45, 7) is 8.71. The van der Waals surface area contributed by atoms with Crippen LogP contribution in [0.5, 0.6) is 0 Å². The molecule has 1 aliphatic carbocycles. The van der Waals surface area contributed by atoms with Gasteiger partial charge in [-0.3, -0.25) is 0 Å². The molecule has 0 atom stereocenters. The summed E-state index contributed by atoms with van der Waals surface area (Å²) < 4.78 is 1.16. The van der Waals surface area contributed by atoms with Gasteiger partial charge in [-0.1, -0.05) is 59.7 Å². The zero-order valence-electron chi connectivity index (χ0n) is 20.0. The molecule has 3 heteroatoms. The van der Waals surface area contributed by atoms with Crippen LogP contribution in [-0.2, 0) is 12.8 Å². The summed E-state index contributed by atoms with van der Waals surface area (Å²) in [5, 5.41) is 0. The zero-order valence-corrected chi connectivity index (χ0v) is 21.6. The quantitative estimate of drug-likeness (QED) is 0.284. The van der Waals surface area contributed by atoms with Gasteiger partial charge in [0.1, 0.15) is 0 Å². The molecule has 0 amide bonds. The molecule has 3 aromatic carbocycles. The minimum atomic E-state index is 1.01. The highest BCUT2D eigenvalue weighted by atomic mass is 79.9. The van der Waals surface area contributed by atoms with Gasteiger partial charge in [-0.2, -0.15) is 0 Å². The Morgan fingerprint density at radius 2 is 1.59 bits per heavy atom. The number of benzene rings is 3. The van der Waals surface area contributed by atoms with E-state index in [0.717, 1.165) is 34.4 Å². The molecule has 0 spiro atoms. The summed E-state index contributed by atoms with van der Waals surface area (Å²) in [6.07, 6.45) is 4.33. The fraction of sp³-hybridized carbons (Fsp3) is 0.194. The van der Waals surface area contributed by atoms with Crippen LogP contribution in [0.15, 0.2) is 64.1 Å². The third-order valence-electron chi connectivity index (χ3n) is 7.13. The average molecular weight is 507 g/mol. The first-order chi connectivity index (χ1) is 16.4. The number of aromatic nitrogens is 1. The molecule has 168 valence electrons. The van der Waals surface area contributed by atoms with Crippen LogP contribution in [0.4, 0.5) is 0 Å². The molecule has 1 N–H and O–H groups in total. The van der Waals surface area contributed by atoms with Gasteiger partial charge in [0.2, 0.25) is 0 Å². The molecule has 0 bridgehead atoms. The van der Waals surface area contributed by atoms with Gasteiger partial charge < -0.3 is 4.98 Å². The Labute approximate surface area is 209 Å². The maximum absolute atomic E-state index is 5.24. The van der Waals surface area contributed by atoms with E-state index in [-0.39, 0.29) is 0 Å². The SMILES string of the molecule is Cc1cc(C)c(C2=NC(=Cc3[nH]c4c(c3Br)CCc3ccccc3-4)c3ccc(C)cc32)c(C)c1. The smallest absolute Gasteiger partial charge is 0.0794 e. The highest BCUT2D eigenvalue weighted by Gasteiger charge is 2.26. The number of hydrogen-bond acceptors (Lipinski definition) is 1. The lowest BCUT2D eigenvalue weighted by Crippen LogP contribution is -2.06. The molecular weight excluding hydrogens is 480 g/mol. The molecule has 1 aromatic heterocycles. The van der Waals surface area contributed by atoms with Gasteiger partial charge in [0, 0.05) is 26.7 Å². The largest absolute Gasteiger partial charge is 0.354 e. The van der Waals surface area contributed by atoms with Crippen molar-refractivity contribution in [3.63, 3.8) is 0 Å². The van der Waals surface area contributed by atoms with E-state index in [2.05, 4.69) is 109 Å². The van der Waals surface area contributed by atoms with Gasteiger partial charge in [0.25, 0.3) is 0 Å². The van der Waals surface area contributed by atoms with Crippen LogP contribution >= 0.6 is 15.9 Å². The molecule has 0 saturated carbocycles. The van der Waals surface area contributed by atoms with E-state index in [9.17, 15) is 0 Å². The van der Waals surface area contributed by atoms with Crippen molar-refractivity contribution in [2.24, 2.45) is 4.99 Å². The average Bonchev–Trinajstić information content (AvgIpc) is 3.31. The molecule has 2 aliphatic rings. The highest BCUT2D eigenvalue weighted by molar-refractivity contribution is 9.10. The van der Waals surface area contributed by atoms with Crippen molar-refractivity contribution in [2.45, 2.75) is 40.5 Å². The monoisotopic (exact) mass is 506 g/mol. The molecular formula is C31H27BrN2. The van der Waals surface area contributed by atoms with Crippen molar-refractivity contribution >= 4 is 33.4 Å². The fourth-order valence-corrected chi connectivity index (χ4v) is 6.26. The van der Waals surface area contributed by atoms with E-state index in [0.29, 0.717) is 0 Å². The van der Waals surface area contributed by atoms with E-state index in [1.165, 1.54) is 61.3 Å². The van der Waals surface area contributed by atoms with Crippen LogP contribution in [-0.4, -0.2) is 10.7 Å². The van der Waals surface area contributed by atoms with Crippen molar-refractivity contribution in [3.8, 4) is 11.3 Å². The van der Waals surface area contributed by atoms with E-state index < -0.39 is 0 Å². The molecule has 2 heterocycles. The lowest BCUT2D eigenvalue weighted by molar-refractivity contribution is 0.938. The fourth-order valence-electron chi connectivity index (χ4n) is 5.65. The number of aromatic amines is 1. The molecule has 6 rings (SSSR count). The maximum Gasteiger partial charge on any atom is 0.0794 e. The molecule has 0 fully saturated rings. The normalized spacial score (nSPS) is 15.2. The van der Waals surface area contributed by atoms with Crippen LogP contribution in [0.1, 0.15) is 55.8 Å². The van der Waals surface area contributed by atoms with E-state index in [4.69, 9.17) is 4.99 Å². The van der Waals surface area contributed by atoms with Gasteiger partial charge >= 0.3 is 0 Å². The molecule has 0 saturated heterocycles. The van der Waals surface area contributed by atoms with Crippen molar-refractivity contribution in [2.75, 3.05) is 0 Å². The summed E-state index contributed by atoms with van der Waals surface area (Å²) in [7, 11) is 0. The minimum absolute atomic E-state index is 1.01. The van der Waals surface area contributed by atoms with Crippen LogP contribution in [0, 0.1) is 27.7 Å². The number of H-pyrrole nitrogens is 1. The van der Waals surface area contributed by atoms with Gasteiger partial charge in [0.15, 0.2) is 0 Å². The van der Waals surface area contributed by atoms with E-state index in [1.807, 2.05) is 0 Å². The topological polar surface area (TPSA) is 28.1 Å². The predicted molar refractivity (Wildman–Crippen MR) is 147 cm³/mol. The van der Waals surface area contributed by atoms with Crippen molar-refractivity contribution < 1.29 is 0 Å². The number of hydrogen-bond donors (Lipinski definition) is 1. The van der Waals surface area contributed by atoms with Gasteiger partial charge in [-0.05, 0) is 90.9 Å². The lowest BCUT2D eigenvalue weighted by Gasteiger charge is -2.16. The number of aliphatic imine (C=N–C) groups is 1. The van der Waals surface area contributed by atoms with Crippen LogP contribution in [0.25, 0.3) is 23.0 Å². The Kier molecular flexibility index (Phi) is 5.00. The number of aryl methyl sites for hydroxylation is 5. The van der Waals surface area contributed by atoms with Gasteiger partial charge in [0.05, 0.1) is 22.8 Å². The molecule has 0 radical (unpaired) electrons. The minimum Gasteiger partial charge on any atom is -0.354 e. The first-order valence-electron chi connectivity index (χ1n) is 11.9. The summed E-state index contributed by atoms with van der Waals surface area (Å²) in [5.41, 5.74) is 17.3. The number of nitrogens with one attached hydrogen (secondary N) is 1. The summed E-state index contributed by atoms with van der Waals surface area (Å²) in [6, 6.07) is 19.9. The Bertz CT molecular complexity index is 1520. The molecule has 0 unspecified atom stereocenters. The second-order valence-electron chi connectivity index (χ2n) is 9.68. The summed E-state index contributed by atoms with van der Waals surface area (Å²) >= 11 is 3.91. The first-order valence-corrected chi connectivity index (χ1v) is 12.7. The van der Waals surface area contributed by atoms with E-state index >= 15 is 0 Å². The molecule has 34 heavy (non-hydrogen) atoms. The van der Waals surface area contributed by atoms with Crippen molar-refractivity contribution in [1.82, 2.24) is 4.98 Å². The molecule has 1 aliphatic heterocycles. The third-order valence-corrected chi connectivity index (χ3v) is 8.03. The predicted octanol–water partition coefficient (Wildman–Crippen LogP) is 8.13. The standard InChI is InChI=1S/C31H27BrN2/c1-17-9-11-23-25(15-17)31(28-19(3)13-18(2)14-20(28)4)33-26(23)16-27-29(32)24-12-10-21-7-5-6-8-22(21)30(24)34-27/h5-9,11,13-16,34H,10,12H2,1-4H3. The van der Waals surface area contributed by atoms with Gasteiger partial charge in [-0.15, -0.1) is 0 Å². The second kappa shape index (κ2) is 7.95. The van der Waals surface area contributed by atoms with Crippen molar-refractivity contribution in [1.29, 1.82) is 0 Å². The number of fused-ring (bicyclic) bond motifs is 4. The maximum atomic E-state index is 5.24. The number of halogens is 1. The Hall–Kier alpha value is -3.17. The number of rotatable bonds is 2. The van der Waals surface area contributed by atoms with Crippen LogP contribution in [0.3, 0.4) is 0 Å². The van der Waals surface area contributed by atoms with Crippen LogP contribution in [0.2, 0.25) is 0 Å². The van der Waals surface area contributed by atoms with Crippen molar-refractivity contribution in [3.05, 3.63) is 115 Å². The first kappa shape index (κ1) is 21.4. The molecule has 2 nitrogen and oxygen atoms in total.